The molecule has 122 valence electrons. The van der Waals surface area contributed by atoms with Crippen molar-refractivity contribution in [3.05, 3.63) is 35.4 Å². The highest BCUT2D eigenvalue weighted by atomic mass is 19.2. The Balaban J connectivity index is 1.48. The molecular weight excluding hydrogens is 278 g/mol. The minimum atomic E-state index is -0.732. The summed E-state index contributed by atoms with van der Waals surface area (Å²) in [5.41, 5.74) is 0.990. The molecule has 1 aromatic carbocycles. The Morgan fingerprint density at radius 1 is 0.818 bits per heavy atom. The Morgan fingerprint density at radius 3 is 2.00 bits per heavy atom. The number of hydrogen-bond donors (Lipinski definition) is 0. The average Bonchev–Trinajstić information content (AvgIpc) is 2.53. The summed E-state index contributed by atoms with van der Waals surface area (Å²) >= 11 is 0. The topological polar surface area (TPSA) is 0 Å². The van der Waals surface area contributed by atoms with Crippen LogP contribution in [0.25, 0.3) is 0 Å². The van der Waals surface area contributed by atoms with E-state index >= 15 is 0 Å². The second-order valence-corrected chi connectivity index (χ2v) is 7.75. The van der Waals surface area contributed by atoms with E-state index < -0.39 is 11.6 Å². The summed E-state index contributed by atoms with van der Waals surface area (Å²) in [5.74, 6) is 1.74. The Labute approximate surface area is 133 Å². The molecule has 2 fully saturated rings. The third-order valence-electron chi connectivity index (χ3n) is 6.06. The summed E-state index contributed by atoms with van der Waals surface area (Å²) in [4.78, 5) is 0. The van der Waals surface area contributed by atoms with Crippen LogP contribution in [0.15, 0.2) is 18.2 Å². The molecule has 0 radical (unpaired) electrons. The van der Waals surface area contributed by atoms with Gasteiger partial charge in [-0.3, -0.25) is 0 Å². The number of rotatable bonds is 3. The van der Waals surface area contributed by atoms with E-state index in [-0.39, 0.29) is 0 Å². The molecule has 0 unspecified atom stereocenters. The van der Waals surface area contributed by atoms with Crippen LogP contribution in [-0.2, 0) is 0 Å². The number of benzene rings is 1. The predicted octanol–water partition coefficient (Wildman–Crippen LogP) is 6.46. The van der Waals surface area contributed by atoms with Gasteiger partial charge >= 0.3 is 0 Å². The van der Waals surface area contributed by atoms with E-state index in [1.54, 1.807) is 6.07 Å². The van der Waals surface area contributed by atoms with Crippen molar-refractivity contribution in [3.63, 3.8) is 0 Å². The van der Waals surface area contributed by atoms with Crippen LogP contribution in [0.1, 0.15) is 76.2 Å². The van der Waals surface area contributed by atoms with Crippen molar-refractivity contribution in [2.24, 2.45) is 17.8 Å². The van der Waals surface area contributed by atoms with E-state index in [1.807, 2.05) is 0 Å². The molecule has 0 bridgehead atoms. The lowest BCUT2D eigenvalue weighted by molar-refractivity contribution is 0.211. The van der Waals surface area contributed by atoms with Crippen LogP contribution in [0.3, 0.4) is 0 Å². The molecule has 2 aliphatic rings. The molecule has 22 heavy (non-hydrogen) atoms. The minimum absolute atomic E-state index is 0.428. The van der Waals surface area contributed by atoms with Gasteiger partial charge in [-0.15, -0.1) is 0 Å². The van der Waals surface area contributed by atoms with Gasteiger partial charge in [0.1, 0.15) is 0 Å². The van der Waals surface area contributed by atoms with Crippen LogP contribution in [0, 0.1) is 29.4 Å². The van der Waals surface area contributed by atoms with E-state index in [0.717, 1.165) is 36.2 Å². The zero-order valence-electron chi connectivity index (χ0n) is 13.7. The number of hydrogen-bond acceptors (Lipinski definition) is 0. The Hall–Kier alpha value is -0.920. The summed E-state index contributed by atoms with van der Waals surface area (Å²) in [7, 11) is 0. The van der Waals surface area contributed by atoms with Crippen molar-refractivity contribution >= 4 is 0 Å². The maximum atomic E-state index is 13.4. The summed E-state index contributed by atoms with van der Waals surface area (Å²) in [6.07, 6.45) is 11.9. The van der Waals surface area contributed by atoms with Crippen LogP contribution in [0.5, 0.6) is 0 Å². The van der Waals surface area contributed by atoms with E-state index in [2.05, 4.69) is 6.92 Å². The molecule has 0 heterocycles. The SMILES string of the molecule is CC1CCC(CC2CCC(c3ccc(F)c(F)c3)CC2)CC1. The molecule has 0 saturated heterocycles. The quantitative estimate of drug-likeness (QED) is 0.601. The van der Waals surface area contributed by atoms with Gasteiger partial charge in [0.15, 0.2) is 11.6 Å². The second kappa shape index (κ2) is 7.10. The fourth-order valence-electron chi connectivity index (χ4n) is 4.53. The fourth-order valence-corrected chi connectivity index (χ4v) is 4.53. The van der Waals surface area contributed by atoms with E-state index in [4.69, 9.17) is 0 Å². The third-order valence-corrected chi connectivity index (χ3v) is 6.06. The average molecular weight is 306 g/mol. The first-order chi connectivity index (χ1) is 10.6. The van der Waals surface area contributed by atoms with Gasteiger partial charge in [-0.25, -0.2) is 8.78 Å². The molecule has 3 rings (SSSR count). The van der Waals surface area contributed by atoms with Crippen LogP contribution < -0.4 is 0 Å². The Morgan fingerprint density at radius 2 is 1.41 bits per heavy atom. The monoisotopic (exact) mass is 306 g/mol. The molecule has 0 amide bonds. The first kappa shape index (κ1) is 16.0. The molecule has 2 heteroatoms. The standard InChI is InChI=1S/C20H28F2/c1-14-2-4-15(5-3-14)12-16-6-8-17(9-7-16)18-10-11-19(21)20(22)13-18/h10-11,13-17H,2-9,12H2,1H3. The molecule has 2 aliphatic carbocycles. The van der Waals surface area contributed by atoms with Crippen molar-refractivity contribution in [2.75, 3.05) is 0 Å². The third kappa shape index (κ3) is 3.88. The summed E-state index contributed by atoms with van der Waals surface area (Å²) in [5, 5.41) is 0. The first-order valence-electron chi connectivity index (χ1n) is 9.06. The minimum Gasteiger partial charge on any atom is -0.204 e. The first-order valence-corrected chi connectivity index (χ1v) is 9.06. The summed E-state index contributed by atoms with van der Waals surface area (Å²) in [6, 6.07) is 4.45. The van der Waals surface area contributed by atoms with Crippen molar-refractivity contribution in [1.82, 2.24) is 0 Å². The maximum absolute atomic E-state index is 13.4. The van der Waals surface area contributed by atoms with Gasteiger partial charge < -0.3 is 0 Å². The number of halogens is 2. The highest BCUT2D eigenvalue weighted by Gasteiger charge is 2.26. The highest BCUT2D eigenvalue weighted by Crippen LogP contribution is 2.41. The zero-order valence-corrected chi connectivity index (χ0v) is 13.7. The predicted molar refractivity (Wildman–Crippen MR) is 86.8 cm³/mol. The molecule has 0 aromatic heterocycles. The Kier molecular flexibility index (Phi) is 5.15. The smallest absolute Gasteiger partial charge is 0.159 e. The molecule has 0 nitrogen and oxygen atoms in total. The largest absolute Gasteiger partial charge is 0.204 e. The van der Waals surface area contributed by atoms with Gasteiger partial charge in [0.2, 0.25) is 0 Å². The fraction of sp³-hybridized carbons (Fsp3) is 0.700. The molecule has 0 spiro atoms. The molecule has 2 saturated carbocycles. The van der Waals surface area contributed by atoms with Gasteiger partial charge in [0.05, 0.1) is 0 Å². The molecule has 0 atom stereocenters. The lowest BCUT2D eigenvalue weighted by atomic mass is 9.72. The van der Waals surface area contributed by atoms with Gasteiger partial charge in [-0.1, -0.05) is 38.7 Å². The highest BCUT2D eigenvalue weighted by molar-refractivity contribution is 5.22. The molecule has 0 aliphatic heterocycles. The molecule has 1 aromatic rings. The zero-order chi connectivity index (χ0) is 15.5. The summed E-state index contributed by atoms with van der Waals surface area (Å²) in [6.45, 7) is 2.38. The lowest BCUT2D eigenvalue weighted by Crippen LogP contribution is -2.19. The summed E-state index contributed by atoms with van der Waals surface area (Å²) < 4.78 is 26.4. The van der Waals surface area contributed by atoms with Crippen LogP contribution in [0.2, 0.25) is 0 Å². The Bertz CT molecular complexity index is 480. The van der Waals surface area contributed by atoms with Gasteiger partial charge in [-0.05, 0) is 73.5 Å². The van der Waals surface area contributed by atoms with Crippen LogP contribution >= 0.6 is 0 Å². The normalized spacial score (nSPS) is 32.9. The van der Waals surface area contributed by atoms with Crippen LogP contribution in [0.4, 0.5) is 8.78 Å². The molecule has 0 N–H and O–H groups in total. The van der Waals surface area contributed by atoms with E-state index in [1.165, 1.54) is 57.1 Å². The van der Waals surface area contributed by atoms with Crippen molar-refractivity contribution in [2.45, 2.75) is 70.6 Å². The van der Waals surface area contributed by atoms with Gasteiger partial charge in [0.25, 0.3) is 0 Å². The van der Waals surface area contributed by atoms with Gasteiger partial charge in [-0.2, -0.15) is 0 Å². The lowest BCUT2D eigenvalue weighted by Gasteiger charge is -2.33. The van der Waals surface area contributed by atoms with Crippen molar-refractivity contribution in [1.29, 1.82) is 0 Å². The van der Waals surface area contributed by atoms with E-state index in [0.29, 0.717) is 5.92 Å². The van der Waals surface area contributed by atoms with Crippen LogP contribution in [-0.4, -0.2) is 0 Å². The van der Waals surface area contributed by atoms with Crippen molar-refractivity contribution < 1.29 is 8.78 Å². The maximum Gasteiger partial charge on any atom is 0.159 e. The van der Waals surface area contributed by atoms with Crippen molar-refractivity contribution in [3.8, 4) is 0 Å². The molecular formula is C20H28F2. The van der Waals surface area contributed by atoms with E-state index in [9.17, 15) is 8.78 Å². The second-order valence-electron chi connectivity index (χ2n) is 7.75. The van der Waals surface area contributed by atoms with Gasteiger partial charge in [0, 0.05) is 0 Å².